The molecule has 3 N–H and O–H groups in total. The number of rotatable bonds is 10. The van der Waals surface area contributed by atoms with Crippen LogP contribution < -0.4 is 0 Å². The van der Waals surface area contributed by atoms with Crippen LogP contribution in [-0.2, 0) is 29.7 Å². The molecule has 0 unspecified atom stereocenters. The Bertz CT molecular complexity index is 1680. The summed E-state index contributed by atoms with van der Waals surface area (Å²) in [4.78, 5) is 4.74. The third-order valence-electron chi connectivity index (χ3n) is 11.4. The van der Waals surface area contributed by atoms with Crippen molar-refractivity contribution in [2.24, 2.45) is 0 Å². The van der Waals surface area contributed by atoms with Gasteiger partial charge in [0.05, 0.1) is 0 Å². The Hall–Kier alpha value is -4.26. The molecule has 264 valence electrons. The zero-order valence-corrected chi connectivity index (χ0v) is 30.2. The molecule has 0 saturated carbocycles. The van der Waals surface area contributed by atoms with Gasteiger partial charge < -0.3 is 15.3 Å². The molecule has 2 heterocycles. The lowest BCUT2D eigenvalue weighted by atomic mass is 9.78. The molecule has 0 bridgehead atoms. The van der Waals surface area contributed by atoms with Crippen LogP contribution in [0.25, 0.3) is 0 Å². The summed E-state index contributed by atoms with van der Waals surface area (Å²) < 4.78 is 0. The zero-order chi connectivity index (χ0) is 35.6. The van der Waals surface area contributed by atoms with Gasteiger partial charge in [-0.2, -0.15) is 0 Å². The van der Waals surface area contributed by atoms with Crippen molar-refractivity contribution in [1.82, 2.24) is 9.80 Å². The van der Waals surface area contributed by atoms with E-state index in [4.69, 9.17) is 0 Å². The Morgan fingerprint density at radius 1 is 0.510 bits per heavy atom. The largest absolute Gasteiger partial charge is 0.507 e. The second kappa shape index (κ2) is 14.4. The fourth-order valence-electron chi connectivity index (χ4n) is 8.72. The number of nitrogens with zero attached hydrogens (tertiary/aromatic N) is 2. The molecule has 2 saturated heterocycles. The Kier molecular flexibility index (Phi) is 9.93. The first-order valence-electron chi connectivity index (χ1n) is 18.6. The van der Waals surface area contributed by atoms with E-state index in [-0.39, 0.29) is 17.5 Å². The smallest absolute Gasteiger partial charge is 0.130 e. The molecular formula is C46H52N2O3. The number of phenols is 1. The molecular weight excluding hydrogens is 629 g/mol. The number of benzene rings is 5. The van der Waals surface area contributed by atoms with E-state index in [9.17, 15) is 15.3 Å². The lowest BCUT2D eigenvalue weighted by Gasteiger charge is -2.41. The Morgan fingerprint density at radius 3 is 1.12 bits per heavy atom. The maximum absolute atomic E-state index is 12.8. The molecule has 5 aromatic rings. The van der Waals surface area contributed by atoms with Gasteiger partial charge in [-0.3, -0.25) is 9.80 Å². The van der Waals surface area contributed by atoms with Gasteiger partial charge in [-0.15, -0.1) is 0 Å². The standard InChI is InChI=1S/C46H52N2O3/c1-44(2,3)40-30-34(32-47-28-16-26-41(47)45(50,36-18-8-4-9-19-36)37-20-10-5-11-21-37)43(49)35(31-40)33-48-29-17-27-42(48)46(51,38-22-12-6-13-23-38)39-24-14-7-15-25-39/h4-15,18-25,30-31,41-42,49-51H,16-17,26-29,32-33H2,1-3H3/t41-,42-/m0/s1. The number of aromatic hydroxyl groups is 1. The minimum Gasteiger partial charge on any atom is -0.507 e. The van der Waals surface area contributed by atoms with E-state index in [1.165, 1.54) is 5.56 Å². The molecule has 0 aliphatic carbocycles. The van der Waals surface area contributed by atoms with E-state index in [0.717, 1.165) is 72.2 Å². The molecule has 5 aromatic carbocycles. The molecule has 0 aromatic heterocycles. The minimum atomic E-state index is -1.21. The summed E-state index contributed by atoms with van der Waals surface area (Å²) in [6, 6.07) is 44.1. The third-order valence-corrected chi connectivity index (χ3v) is 11.4. The van der Waals surface area contributed by atoms with Crippen LogP contribution in [0.15, 0.2) is 133 Å². The van der Waals surface area contributed by atoms with Crippen LogP contribution >= 0.6 is 0 Å². The van der Waals surface area contributed by atoms with Crippen LogP contribution in [0.1, 0.15) is 85.4 Å². The molecule has 2 fully saturated rings. The molecule has 0 spiro atoms. The number of aliphatic hydroxyl groups is 2. The van der Waals surface area contributed by atoms with E-state index < -0.39 is 11.2 Å². The van der Waals surface area contributed by atoms with E-state index in [1.807, 2.05) is 121 Å². The van der Waals surface area contributed by atoms with Crippen molar-refractivity contribution in [3.63, 3.8) is 0 Å². The Morgan fingerprint density at radius 2 is 0.824 bits per heavy atom. The average Bonchev–Trinajstić information content (AvgIpc) is 3.84. The van der Waals surface area contributed by atoms with Crippen molar-refractivity contribution in [2.45, 2.75) is 88.2 Å². The highest BCUT2D eigenvalue weighted by Crippen LogP contribution is 2.44. The van der Waals surface area contributed by atoms with Crippen molar-refractivity contribution in [3.8, 4) is 5.75 Å². The van der Waals surface area contributed by atoms with E-state index >= 15 is 0 Å². The van der Waals surface area contributed by atoms with Crippen molar-refractivity contribution >= 4 is 0 Å². The highest BCUT2D eigenvalue weighted by atomic mass is 16.3. The van der Waals surface area contributed by atoms with Gasteiger partial charge in [0.2, 0.25) is 0 Å². The minimum absolute atomic E-state index is 0.143. The summed E-state index contributed by atoms with van der Waals surface area (Å²) >= 11 is 0. The maximum atomic E-state index is 12.8. The fourth-order valence-corrected chi connectivity index (χ4v) is 8.72. The van der Waals surface area contributed by atoms with Gasteiger partial charge in [-0.1, -0.05) is 154 Å². The molecule has 2 aliphatic rings. The number of likely N-dealkylation sites (tertiary alicyclic amines) is 2. The van der Waals surface area contributed by atoms with E-state index in [0.29, 0.717) is 18.8 Å². The molecule has 7 rings (SSSR count). The first-order valence-corrected chi connectivity index (χ1v) is 18.6. The predicted molar refractivity (Wildman–Crippen MR) is 205 cm³/mol. The van der Waals surface area contributed by atoms with Crippen LogP contribution in [0.4, 0.5) is 0 Å². The molecule has 0 amide bonds. The maximum Gasteiger partial charge on any atom is 0.130 e. The summed E-state index contributed by atoms with van der Waals surface area (Å²) in [6.45, 7) is 9.37. The van der Waals surface area contributed by atoms with Gasteiger partial charge in [0.1, 0.15) is 17.0 Å². The lowest BCUT2D eigenvalue weighted by Crippen LogP contribution is -2.48. The van der Waals surface area contributed by atoms with Crippen LogP contribution in [-0.4, -0.2) is 50.3 Å². The van der Waals surface area contributed by atoms with Gasteiger partial charge in [0.15, 0.2) is 0 Å². The summed E-state index contributed by atoms with van der Waals surface area (Å²) in [6.07, 6.45) is 3.62. The van der Waals surface area contributed by atoms with Crippen molar-refractivity contribution in [3.05, 3.63) is 172 Å². The topological polar surface area (TPSA) is 67.2 Å². The summed E-state index contributed by atoms with van der Waals surface area (Å²) in [5.41, 5.74) is 3.89. The first-order chi connectivity index (χ1) is 24.6. The fraction of sp³-hybridized carbons (Fsp3) is 0.348. The van der Waals surface area contributed by atoms with Gasteiger partial charge in [0.25, 0.3) is 0 Å². The second-order valence-corrected chi connectivity index (χ2v) is 15.6. The molecule has 0 radical (unpaired) electrons. The van der Waals surface area contributed by atoms with E-state index in [2.05, 4.69) is 42.7 Å². The van der Waals surface area contributed by atoms with E-state index in [1.54, 1.807) is 0 Å². The SMILES string of the molecule is CC(C)(C)c1cc(CN2CCC[C@H]2C(O)(c2ccccc2)c2ccccc2)c(O)c(CN2CCC[C@H]2C(O)(c2ccccc2)c2ccccc2)c1. The lowest BCUT2D eigenvalue weighted by molar-refractivity contribution is -0.00736. The van der Waals surface area contributed by atoms with Crippen LogP contribution in [0, 0.1) is 0 Å². The Balaban J connectivity index is 1.25. The number of phenolic OH excluding ortho intramolecular Hbond substituents is 1. The third kappa shape index (κ3) is 6.76. The molecule has 2 aliphatic heterocycles. The Labute approximate surface area is 303 Å². The zero-order valence-electron chi connectivity index (χ0n) is 30.2. The molecule has 51 heavy (non-hydrogen) atoms. The average molecular weight is 681 g/mol. The van der Waals surface area contributed by atoms with Crippen molar-refractivity contribution in [2.75, 3.05) is 13.1 Å². The summed E-state index contributed by atoms with van der Waals surface area (Å²) in [5.74, 6) is 0.310. The van der Waals surface area contributed by atoms with Crippen LogP contribution in [0.2, 0.25) is 0 Å². The molecule has 5 nitrogen and oxygen atoms in total. The number of hydrogen-bond acceptors (Lipinski definition) is 5. The van der Waals surface area contributed by atoms with Gasteiger partial charge in [0, 0.05) is 36.3 Å². The summed E-state index contributed by atoms with van der Waals surface area (Å²) in [7, 11) is 0. The van der Waals surface area contributed by atoms with Gasteiger partial charge >= 0.3 is 0 Å². The van der Waals surface area contributed by atoms with Crippen molar-refractivity contribution in [1.29, 1.82) is 0 Å². The predicted octanol–water partition coefficient (Wildman–Crippen LogP) is 8.49. The molecule has 5 heteroatoms. The van der Waals surface area contributed by atoms with Crippen molar-refractivity contribution < 1.29 is 15.3 Å². The van der Waals surface area contributed by atoms with Gasteiger partial charge in [-0.05, 0) is 72.0 Å². The quantitative estimate of drug-likeness (QED) is 0.138. The monoisotopic (exact) mass is 680 g/mol. The second-order valence-electron chi connectivity index (χ2n) is 15.6. The summed E-state index contributed by atoms with van der Waals surface area (Å²) in [5, 5.41) is 37.7. The highest BCUT2D eigenvalue weighted by molar-refractivity contribution is 5.47. The van der Waals surface area contributed by atoms with Crippen LogP contribution in [0.3, 0.4) is 0 Å². The van der Waals surface area contributed by atoms with Crippen LogP contribution in [0.5, 0.6) is 5.75 Å². The molecule has 2 atom stereocenters. The highest BCUT2D eigenvalue weighted by Gasteiger charge is 2.47. The normalized spacial score (nSPS) is 19.1. The first kappa shape index (κ1) is 35.2. The number of hydrogen-bond donors (Lipinski definition) is 3. The van der Waals surface area contributed by atoms with Gasteiger partial charge in [-0.25, -0.2) is 0 Å².